The monoisotopic (exact) mass is 403 g/mol. The van der Waals surface area contributed by atoms with Crippen molar-refractivity contribution in [1.29, 1.82) is 0 Å². The largest absolute Gasteiger partial charge is 0.493 e. The second kappa shape index (κ2) is 9.69. The summed E-state index contributed by atoms with van der Waals surface area (Å²) in [5, 5.41) is 3.50. The molecule has 1 atom stereocenters. The highest BCUT2D eigenvalue weighted by Crippen LogP contribution is 2.33. The van der Waals surface area contributed by atoms with Gasteiger partial charge < -0.3 is 19.5 Å². The van der Waals surface area contributed by atoms with Crippen LogP contribution >= 0.6 is 11.6 Å². The van der Waals surface area contributed by atoms with Crippen molar-refractivity contribution >= 4 is 17.5 Å². The molecule has 2 aromatic carbocycles. The molecule has 5 nitrogen and oxygen atoms in total. The predicted octanol–water partition coefficient (Wildman–Crippen LogP) is 4.93. The molecule has 0 aliphatic heterocycles. The minimum atomic E-state index is -0.210. The molecule has 150 valence electrons. The van der Waals surface area contributed by atoms with Crippen LogP contribution in [0.4, 0.5) is 0 Å². The number of hydrogen-bond donors (Lipinski definition) is 1. The van der Waals surface area contributed by atoms with Crippen molar-refractivity contribution < 1.29 is 19.0 Å². The Balaban J connectivity index is 1.56. The Morgan fingerprint density at radius 3 is 2.68 bits per heavy atom. The van der Waals surface area contributed by atoms with Gasteiger partial charge in [-0.15, -0.1) is 0 Å². The van der Waals surface area contributed by atoms with Gasteiger partial charge >= 0.3 is 0 Å². The van der Waals surface area contributed by atoms with Crippen LogP contribution in [-0.2, 0) is 4.79 Å². The number of carbonyl (C=O) groups is 1. The van der Waals surface area contributed by atoms with Gasteiger partial charge in [-0.05, 0) is 68.5 Å². The van der Waals surface area contributed by atoms with Gasteiger partial charge in [0.05, 0.1) is 19.3 Å². The number of methoxy groups -OCH3 is 1. The lowest BCUT2D eigenvalue weighted by molar-refractivity contribution is -0.123. The minimum Gasteiger partial charge on any atom is -0.493 e. The maximum Gasteiger partial charge on any atom is 0.258 e. The van der Waals surface area contributed by atoms with Crippen LogP contribution in [0.5, 0.6) is 17.2 Å². The number of ether oxygens (including phenoxy) is 3. The second-order valence-corrected chi connectivity index (χ2v) is 7.41. The summed E-state index contributed by atoms with van der Waals surface area (Å²) in [6, 6.07) is 12.6. The van der Waals surface area contributed by atoms with Crippen LogP contribution in [0.15, 0.2) is 42.5 Å². The normalized spacial score (nSPS) is 15.1. The number of hydrogen-bond acceptors (Lipinski definition) is 4. The third-order valence-electron chi connectivity index (χ3n) is 4.83. The Hall–Kier alpha value is -2.40. The molecule has 28 heavy (non-hydrogen) atoms. The zero-order valence-electron chi connectivity index (χ0n) is 16.2. The van der Waals surface area contributed by atoms with Gasteiger partial charge in [0.15, 0.2) is 18.1 Å². The van der Waals surface area contributed by atoms with E-state index in [-0.39, 0.29) is 24.7 Å². The molecule has 0 radical (unpaired) electrons. The fourth-order valence-corrected chi connectivity index (χ4v) is 3.49. The Morgan fingerprint density at radius 1 is 1.18 bits per heavy atom. The minimum absolute atomic E-state index is 0.0787. The van der Waals surface area contributed by atoms with E-state index in [0.717, 1.165) is 24.2 Å². The van der Waals surface area contributed by atoms with Gasteiger partial charge in [-0.25, -0.2) is 0 Å². The summed E-state index contributed by atoms with van der Waals surface area (Å²) in [7, 11) is 1.63. The predicted molar refractivity (Wildman–Crippen MR) is 109 cm³/mol. The molecule has 3 rings (SSSR count). The van der Waals surface area contributed by atoms with E-state index in [1.165, 1.54) is 12.8 Å². The van der Waals surface area contributed by atoms with E-state index in [2.05, 4.69) is 5.32 Å². The first-order valence-electron chi connectivity index (χ1n) is 9.57. The summed E-state index contributed by atoms with van der Waals surface area (Å²) in [6.45, 7) is 1.84. The van der Waals surface area contributed by atoms with Crippen LogP contribution < -0.4 is 19.5 Å². The second-order valence-electron chi connectivity index (χ2n) is 6.97. The van der Waals surface area contributed by atoms with Crippen LogP contribution in [-0.4, -0.2) is 25.7 Å². The first-order valence-corrected chi connectivity index (χ1v) is 9.95. The molecule has 1 N–H and O–H groups in total. The van der Waals surface area contributed by atoms with E-state index < -0.39 is 0 Å². The quantitative estimate of drug-likeness (QED) is 0.679. The van der Waals surface area contributed by atoms with Gasteiger partial charge in [0.1, 0.15) is 5.75 Å². The van der Waals surface area contributed by atoms with Crippen LogP contribution in [0.1, 0.15) is 44.2 Å². The van der Waals surface area contributed by atoms with Gasteiger partial charge in [0, 0.05) is 5.02 Å². The summed E-state index contributed by atoms with van der Waals surface area (Å²) in [5.74, 6) is 1.78. The Bertz CT molecular complexity index is 805. The average molecular weight is 404 g/mol. The number of benzene rings is 2. The van der Waals surface area contributed by atoms with Crippen molar-refractivity contribution in [2.45, 2.75) is 44.8 Å². The molecule has 6 heteroatoms. The summed E-state index contributed by atoms with van der Waals surface area (Å²) >= 11 is 5.92. The van der Waals surface area contributed by atoms with Crippen LogP contribution in [0.25, 0.3) is 0 Å². The molecule has 0 aromatic heterocycles. The number of amides is 1. The fraction of sp³-hybridized carbons (Fsp3) is 0.409. The van der Waals surface area contributed by atoms with Crippen molar-refractivity contribution in [2.75, 3.05) is 13.7 Å². The molecule has 1 aliphatic rings. The lowest BCUT2D eigenvalue weighted by Crippen LogP contribution is -2.31. The van der Waals surface area contributed by atoms with Crippen LogP contribution in [0.2, 0.25) is 5.02 Å². The van der Waals surface area contributed by atoms with E-state index in [1.807, 2.05) is 25.1 Å². The van der Waals surface area contributed by atoms with Gasteiger partial charge in [0.2, 0.25) is 0 Å². The van der Waals surface area contributed by atoms with Gasteiger partial charge in [0.25, 0.3) is 5.91 Å². The highest BCUT2D eigenvalue weighted by atomic mass is 35.5. The van der Waals surface area contributed by atoms with Crippen molar-refractivity contribution in [3.63, 3.8) is 0 Å². The zero-order chi connectivity index (χ0) is 19.9. The Morgan fingerprint density at radius 2 is 1.96 bits per heavy atom. The van der Waals surface area contributed by atoms with Crippen molar-refractivity contribution in [2.24, 2.45) is 0 Å². The lowest BCUT2D eigenvalue weighted by Gasteiger charge is -2.19. The van der Waals surface area contributed by atoms with E-state index >= 15 is 0 Å². The first kappa shape index (κ1) is 20.3. The summed E-state index contributed by atoms with van der Waals surface area (Å²) in [4.78, 5) is 12.2. The topological polar surface area (TPSA) is 56.8 Å². The first-order chi connectivity index (χ1) is 13.5. The Labute approximate surface area is 170 Å². The molecule has 0 saturated heterocycles. The molecule has 0 heterocycles. The van der Waals surface area contributed by atoms with Crippen LogP contribution in [0, 0.1) is 0 Å². The highest BCUT2D eigenvalue weighted by molar-refractivity contribution is 6.30. The molecular formula is C22H26ClNO4. The van der Waals surface area contributed by atoms with E-state index in [0.29, 0.717) is 16.5 Å². The van der Waals surface area contributed by atoms with Crippen molar-refractivity contribution in [3.05, 3.63) is 53.1 Å². The summed E-state index contributed by atoms with van der Waals surface area (Å²) < 4.78 is 17.0. The van der Waals surface area contributed by atoms with Crippen LogP contribution in [0.3, 0.4) is 0 Å². The SMILES string of the molecule is COc1cc(C(C)NC(=O)COc2cccc(Cl)c2)ccc1OC1CCCC1. The Kier molecular flexibility index (Phi) is 7.04. The van der Waals surface area contributed by atoms with Gasteiger partial charge in [-0.2, -0.15) is 0 Å². The summed E-state index contributed by atoms with van der Waals surface area (Å²) in [5.41, 5.74) is 0.937. The van der Waals surface area contributed by atoms with Gasteiger partial charge in [-0.1, -0.05) is 23.7 Å². The van der Waals surface area contributed by atoms with E-state index in [4.69, 9.17) is 25.8 Å². The molecular weight excluding hydrogens is 378 g/mol. The van der Waals surface area contributed by atoms with Crippen molar-refractivity contribution in [3.8, 4) is 17.2 Å². The molecule has 1 aliphatic carbocycles. The third kappa shape index (κ3) is 5.55. The molecule has 1 amide bonds. The number of carbonyl (C=O) groups excluding carboxylic acids is 1. The molecule has 2 aromatic rings. The lowest BCUT2D eigenvalue weighted by atomic mass is 10.1. The molecule has 1 unspecified atom stereocenters. The number of rotatable bonds is 8. The van der Waals surface area contributed by atoms with Crippen molar-refractivity contribution in [1.82, 2.24) is 5.32 Å². The molecule has 1 fully saturated rings. The van der Waals surface area contributed by atoms with Gasteiger partial charge in [-0.3, -0.25) is 4.79 Å². The average Bonchev–Trinajstić information content (AvgIpc) is 3.20. The molecule has 0 bridgehead atoms. The highest BCUT2D eigenvalue weighted by Gasteiger charge is 2.19. The van der Waals surface area contributed by atoms with E-state index in [9.17, 15) is 4.79 Å². The maximum absolute atomic E-state index is 12.2. The maximum atomic E-state index is 12.2. The summed E-state index contributed by atoms with van der Waals surface area (Å²) in [6.07, 6.45) is 4.87. The van der Waals surface area contributed by atoms with E-state index in [1.54, 1.807) is 31.4 Å². The standard InChI is InChI=1S/C22H26ClNO4/c1-15(24-22(25)14-27-19-9-5-6-17(23)13-19)16-10-11-20(21(12-16)26-2)28-18-7-3-4-8-18/h5-6,9-13,15,18H,3-4,7-8,14H2,1-2H3,(H,24,25). The fourth-order valence-electron chi connectivity index (χ4n) is 3.31. The third-order valence-corrected chi connectivity index (χ3v) is 5.06. The number of nitrogens with one attached hydrogen (secondary N) is 1. The zero-order valence-corrected chi connectivity index (χ0v) is 17.0. The smallest absolute Gasteiger partial charge is 0.258 e. The molecule has 1 saturated carbocycles. The molecule has 0 spiro atoms. The number of halogens is 1.